The van der Waals surface area contributed by atoms with E-state index in [-0.39, 0.29) is 0 Å². The summed E-state index contributed by atoms with van der Waals surface area (Å²) in [5, 5.41) is 0. The molecule has 0 heterocycles. The van der Waals surface area contributed by atoms with Crippen LogP contribution in [-0.2, 0) is 14.3 Å². The van der Waals surface area contributed by atoms with Crippen molar-refractivity contribution >= 4 is 24.1 Å². The van der Waals surface area contributed by atoms with E-state index in [1.165, 1.54) is 0 Å². The van der Waals surface area contributed by atoms with Crippen molar-refractivity contribution in [2.24, 2.45) is 0 Å². The number of hydrogen-bond donors (Lipinski definition) is 0. The van der Waals surface area contributed by atoms with Crippen LogP contribution in [0.3, 0.4) is 0 Å². The molecule has 0 amide bonds. The lowest BCUT2D eigenvalue weighted by atomic mass is 10.1. The van der Waals surface area contributed by atoms with Gasteiger partial charge in [0.05, 0.1) is 0 Å². The smallest absolute Gasteiger partial charge is 0.349 e. The Labute approximate surface area is 147 Å². The zero-order valence-corrected chi connectivity index (χ0v) is 13.9. The molecule has 0 aliphatic heterocycles. The average molecular weight is 336 g/mol. The Morgan fingerprint density at radius 2 is 1.36 bits per heavy atom. The van der Waals surface area contributed by atoms with Gasteiger partial charge in [-0.2, -0.15) is 0 Å². The van der Waals surface area contributed by atoms with Crippen molar-refractivity contribution in [3.05, 3.63) is 91.5 Å². The third kappa shape index (κ3) is 7.61. The molecule has 0 fully saturated rings. The van der Waals surface area contributed by atoms with E-state index < -0.39 is 18.5 Å². The first-order valence-electron chi connectivity index (χ1n) is 7.49. The highest BCUT2D eigenvalue weighted by molar-refractivity contribution is 5.84. The van der Waals surface area contributed by atoms with E-state index in [4.69, 9.17) is 4.74 Å². The molecule has 0 aromatic heterocycles. The molecular weight excluding hydrogens is 316 g/mol. The minimum Gasteiger partial charge on any atom is -0.451 e. The first-order valence-corrected chi connectivity index (χ1v) is 7.49. The number of carbonyl (C=O) groups excluding carboxylic acids is 2. The molecule has 0 spiro atoms. The highest BCUT2D eigenvalue weighted by Gasteiger charge is 2.06. The fourth-order valence-electron chi connectivity index (χ4n) is 1.72. The topological polar surface area (TPSA) is 52.6 Å². The predicted molar refractivity (Wildman–Crippen MR) is 99.9 cm³/mol. The van der Waals surface area contributed by atoms with Gasteiger partial charge in [-0.15, -0.1) is 0 Å². The lowest BCUT2D eigenvalue weighted by molar-refractivity contribution is -0.150. The Balaban J connectivity index is 0.000000271. The molecule has 0 saturated heterocycles. The van der Waals surface area contributed by atoms with Crippen molar-refractivity contribution in [2.75, 3.05) is 6.61 Å². The minimum atomic E-state index is -0.653. The third-order valence-electron chi connectivity index (χ3n) is 2.91. The lowest BCUT2D eigenvalue weighted by Crippen LogP contribution is -2.17. The van der Waals surface area contributed by atoms with Crippen LogP contribution in [0.25, 0.3) is 12.2 Å². The van der Waals surface area contributed by atoms with Crippen molar-refractivity contribution in [1.29, 1.82) is 0 Å². The molecule has 0 radical (unpaired) electrons. The van der Waals surface area contributed by atoms with Crippen LogP contribution in [0.15, 0.2) is 80.4 Å². The van der Waals surface area contributed by atoms with E-state index in [1.807, 2.05) is 36.4 Å². The van der Waals surface area contributed by atoms with Crippen molar-refractivity contribution in [3.63, 3.8) is 0 Å². The predicted octanol–water partition coefficient (Wildman–Crippen LogP) is 4.29. The van der Waals surface area contributed by atoms with Gasteiger partial charge in [-0.25, -0.2) is 9.59 Å². The molecule has 0 saturated carbocycles. The SMILES string of the molecule is C=CC(=O)OCC(=O)Oc1ccccc1.C=Cc1ccccc1C=C. The Hall–Kier alpha value is -3.40. The van der Waals surface area contributed by atoms with Gasteiger partial charge in [-0.1, -0.05) is 74.4 Å². The van der Waals surface area contributed by atoms with Gasteiger partial charge in [0.1, 0.15) is 5.75 Å². The second-order valence-electron chi connectivity index (χ2n) is 4.64. The number of benzene rings is 2. The van der Waals surface area contributed by atoms with Crippen LogP contribution >= 0.6 is 0 Å². The quantitative estimate of drug-likeness (QED) is 0.448. The summed E-state index contributed by atoms with van der Waals surface area (Å²) in [6.07, 6.45) is 4.64. The summed E-state index contributed by atoms with van der Waals surface area (Å²) in [7, 11) is 0. The molecule has 128 valence electrons. The van der Waals surface area contributed by atoms with Crippen molar-refractivity contribution in [3.8, 4) is 5.75 Å². The molecule has 25 heavy (non-hydrogen) atoms. The summed E-state index contributed by atoms with van der Waals surface area (Å²) in [5.41, 5.74) is 2.27. The molecule has 0 bridgehead atoms. The van der Waals surface area contributed by atoms with Crippen molar-refractivity contribution in [2.45, 2.75) is 0 Å². The third-order valence-corrected chi connectivity index (χ3v) is 2.91. The van der Waals surface area contributed by atoms with E-state index >= 15 is 0 Å². The Bertz CT molecular complexity index is 706. The first kappa shape index (κ1) is 19.6. The van der Waals surface area contributed by atoms with Crippen molar-refractivity contribution < 1.29 is 19.1 Å². The van der Waals surface area contributed by atoms with Crippen LogP contribution in [0.2, 0.25) is 0 Å². The Morgan fingerprint density at radius 3 is 1.84 bits per heavy atom. The highest BCUT2D eigenvalue weighted by atomic mass is 16.6. The number of hydrogen-bond acceptors (Lipinski definition) is 4. The maximum atomic E-state index is 11.1. The van der Waals surface area contributed by atoms with Gasteiger partial charge in [0.2, 0.25) is 0 Å². The van der Waals surface area contributed by atoms with E-state index in [9.17, 15) is 9.59 Å². The standard InChI is InChI=1S/C11H10O4.C10H10/c1-2-10(12)14-8-11(13)15-9-6-4-3-5-7-9;1-3-9-7-5-6-8-10(9)4-2/h2-7H,1,8H2;3-8H,1-2H2. The first-order chi connectivity index (χ1) is 12.1. The molecule has 2 rings (SSSR count). The number of rotatable bonds is 6. The average Bonchev–Trinajstić information content (AvgIpc) is 2.67. The fraction of sp³-hybridized carbons (Fsp3) is 0.0476. The van der Waals surface area contributed by atoms with Gasteiger partial charge in [0.25, 0.3) is 0 Å². The molecule has 0 aliphatic rings. The van der Waals surface area contributed by atoms with E-state index in [2.05, 4.69) is 24.5 Å². The Kier molecular flexibility index (Phi) is 8.79. The zero-order valence-electron chi connectivity index (χ0n) is 13.9. The molecule has 2 aromatic carbocycles. The number of para-hydroxylation sites is 1. The second kappa shape index (κ2) is 11.2. The van der Waals surface area contributed by atoms with Gasteiger partial charge >= 0.3 is 11.9 Å². The van der Waals surface area contributed by atoms with Gasteiger partial charge in [-0.3, -0.25) is 0 Å². The number of carbonyl (C=O) groups is 2. The molecular formula is C21H20O4. The Morgan fingerprint density at radius 1 is 0.840 bits per heavy atom. The molecule has 2 aromatic rings. The summed E-state index contributed by atoms with van der Waals surface area (Å²) >= 11 is 0. The number of ether oxygens (including phenoxy) is 2. The van der Waals surface area contributed by atoms with Crippen LogP contribution in [0, 0.1) is 0 Å². The number of esters is 2. The van der Waals surface area contributed by atoms with Gasteiger partial charge in [0, 0.05) is 6.08 Å². The maximum Gasteiger partial charge on any atom is 0.349 e. The molecule has 0 aliphatic carbocycles. The highest BCUT2D eigenvalue weighted by Crippen LogP contribution is 2.10. The summed E-state index contributed by atoms with van der Waals surface area (Å²) in [6.45, 7) is 10.2. The molecule has 0 N–H and O–H groups in total. The maximum absolute atomic E-state index is 11.1. The summed E-state index contributed by atoms with van der Waals surface area (Å²) in [4.78, 5) is 21.7. The van der Waals surface area contributed by atoms with Gasteiger partial charge in [0.15, 0.2) is 6.61 Å². The lowest BCUT2D eigenvalue weighted by Gasteiger charge is -2.03. The second-order valence-corrected chi connectivity index (χ2v) is 4.64. The van der Waals surface area contributed by atoms with E-state index in [0.717, 1.165) is 17.2 Å². The van der Waals surface area contributed by atoms with Crippen LogP contribution in [0.5, 0.6) is 5.75 Å². The summed E-state index contributed by atoms with van der Waals surface area (Å²) in [5.74, 6) is -0.867. The molecule has 4 heteroatoms. The zero-order chi connectivity index (χ0) is 18.5. The van der Waals surface area contributed by atoms with Gasteiger partial charge < -0.3 is 9.47 Å². The minimum absolute atomic E-state index is 0.414. The van der Waals surface area contributed by atoms with Gasteiger partial charge in [-0.05, 0) is 23.3 Å². The van der Waals surface area contributed by atoms with Crippen LogP contribution in [-0.4, -0.2) is 18.5 Å². The van der Waals surface area contributed by atoms with Crippen LogP contribution in [0.4, 0.5) is 0 Å². The molecule has 0 atom stereocenters. The monoisotopic (exact) mass is 336 g/mol. The van der Waals surface area contributed by atoms with E-state index in [0.29, 0.717) is 5.75 Å². The molecule has 4 nitrogen and oxygen atoms in total. The largest absolute Gasteiger partial charge is 0.451 e. The fourth-order valence-corrected chi connectivity index (χ4v) is 1.72. The van der Waals surface area contributed by atoms with E-state index in [1.54, 1.807) is 30.3 Å². The normalized spacial score (nSPS) is 8.96. The van der Waals surface area contributed by atoms with Crippen molar-refractivity contribution in [1.82, 2.24) is 0 Å². The molecule has 0 unspecified atom stereocenters. The summed E-state index contributed by atoms with van der Waals surface area (Å²) in [6, 6.07) is 16.5. The van der Waals surface area contributed by atoms with Crippen LogP contribution < -0.4 is 4.74 Å². The summed E-state index contributed by atoms with van der Waals surface area (Å²) < 4.78 is 9.35. The van der Waals surface area contributed by atoms with Crippen LogP contribution in [0.1, 0.15) is 11.1 Å².